The van der Waals surface area contributed by atoms with Gasteiger partial charge in [-0.15, -0.1) is 0 Å². The molecule has 1 amide bonds. The molecule has 2 aromatic rings. The molecule has 1 fully saturated rings. The van der Waals surface area contributed by atoms with Crippen LogP contribution in [0.25, 0.3) is 11.4 Å². The van der Waals surface area contributed by atoms with Crippen molar-refractivity contribution in [3.8, 4) is 11.4 Å². The van der Waals surface area contributed by atoms with Gasteiger partial charge in [0.05, 0.1) is 6.61 Å². The second kappa shape index (κ2) is 9.06. The highest BCUT2D eigenvalue weighted by molar-refractivity contribution is 5.94. The molecule has 1 aliphatic rings. The Bertz CT molecular complexity index is 756. The molecule has 0 spiro atoms. The van der Waals surface area contributed by atoms with Crippen molar-refractivity contribution >= 4 is 5.91 Å². The average Bonchev–Trinajstić information content (AvgIpc) is 2.67. The van der Waals surface area contributed by atoms with Crippen molar-refractivity contribution < 1.29 is 9.90 Å². The standard InChI is InChI=1S/C21H28N4O2/c1-15-13-16(2)24-20(23-15)17-6-8-18(9-7-17)21(27)22-10-12-25-11-4-3-5-19(25)14-26/h6-9,13,19,26H,3-5,10-12,14H2,1-2H3,(H,22,27). The summed E-state index contributed by atoms with van der Waals surface area (Å²) in [6.45, 7) is 6.43. The molecule has 1 saturated heterocycles. The minimum absolute atomic E-state index is 0.0829. The van der Waals surface area contributed by atoms with E-state index in [1.165, 1.54) is 6.42 Å². The number of carbonyl (C=O) groups excluding carboxylic acids is 1. The zero-order chi connectivity index (χ0) is 19.2. The van der Waals surface area contributed by atoms with Crippen LogP contribution in [0.5, 0.6) is 0 Å². The number of aliphatic hydroxyl groups excluding tert-OH is 1. The van der Waals surface area contributed by atoms with E-state index >= 15 is 0 Å². The van der Waals surface area contributed by atoms with Crippen molar-refractivity contribution in [3.63, 3.8) is 0 Å². The lowest BCUT2D eigenvalue weighted by atomic mass is 10.0. The molecule has 27 heavy (non-hydrogen) atoms. The van der Waals surface area contributed by atoms with Gasteiger partial charge in [0.2, 0.25) is 0 Å². The maximum atomic E-state index is 12.4. The molecule has 0 saturated carbocycles. The highest BCUT2D eigenvalue weighted by atomic mass is 16.3. The van der Waals surface area contributed by atoms with Gasteiger partial charge in [-0.05, 0) is 51.4 Å². The average molecular weight is 368 g/mol. The Morgan fingerprint density at radius 1 is 1.19 bits per heavy atom. The van der Waals surface area contributed by atoms with Crippen molar-refractivity contribution in [2.24, 2.45) is 0 Å². The maximum absolute atomic E-state index is 12.4. The van der Waals surface area contributed by atoms with Crippen LogP contribution in [-0.2, 0) is 0 Å². The summed E-state index contributed by atoms with van der Waals surface area (Å²) in [6.07, 6.45) is 3.36. The number of piperidine rings is 1. The van der Waals surface area contributed by atoms with E-state index < -0.39 is 0 Å². The predicted molar refractivity (Wildman–Crippen MR) is 106 cm³/mol. The SMILES string of the molecule is Cc1cc(C)nc(-c2ccc(C(=O)NCCN3CCCCC3CO)cc2)n1. The van der Waals surface area contributed by atoms with Gasteiger partial charge < -0.3 is 10.4 Å². The first-order valence-electron chi connectivity index (χ1n) is 9.62. The van der Waals surface area contributed by atoms with Gasteiger partial charge in [0.15, 0.2) is 5.82 Å². The third-order valence-electron chi connectivity index (χ3n) is 5.03. The second-order valence-corrected chi connectivity index (χ2v) is 7.18. The number of carbonyl (C=O) groups is 1. The fourth-order valence-electron chi connectivity index (χ4n) is 3.60. The summed E-state index contributed by atoms with van der Waals surface area (Å²) in [5, 5.41) is 12.4. The highest BCUT2D eigenvalue weighted by Crippen LogP contribution is 2.17. The lowest BCUT2D eigenvalue weighted by Gasteiger charge is -2.34. The zero-order valence-corrected chi connectivity index (χ0v) is 16.1. The van der Waals surface area contributed by atoms with Crippen LogP contribution in [0.3, 0.4) is 0 Å². The zero-order valence-electron chi connectivity index (χ0n) is 16.1. The van der Waals surface area contributed by atoms with E-state index in [2.05, 4.69) is 20.2 Å². The second-order valence-electron chi connectivity index (χ2n) is 7.18. The lowest BCUT2D eigenvalue weighted by molar-refractivity contribution is 0.0849. The molecular weight excluding hydrogens is 340 g/mol. The van der Waals surface area contributed by atoms with Gasteiger partial charge in [0, 0.05) is 41.6 Å². The van der Waals surface area contributed by atoms with E-state index in [1.807, 2.05) is 44.2 Å². The van der Waals surface area contributed by atoms with Crippen LogP contribution in [0.15, 0.2) is 30.3 Å². The molecule has 0 aliphatic carbocycles. The molecule has 1 aromatic heterocycles. The summed E-state index contributed by atoms with van der Waals surface area (Å²) < 4.78 is 0. The number of nitrogens with one attached hydrogen (secondary N) is 1. The number of aliphatic hydroxyl groups is 1. The summed E-state index contributed by atoms with van der Waals surface area (Å²) in [7, 11) is 0. The van der Waals surface area contributed by atoms with Gasteiger partial charge >= 0.3 is 0 Å². The highest BCUT2D eigenvalue weighted by Gasteiger charge is 2.21. The maximum Gasteiger partial charge on any atom is 0.251 e. The number of hydrogen-bond donors (Lipinski definition) is 2. The molecule has 1 aliphatic heterocycles. The quantitative estimate of drug-likeness (QED) is 0.818. The molecule has 1 unspecified atom stereocenters. The molecule has 1 aromatic carbocycles. The summed E-state index contributed by atoms with van der Waals surface area (Å²) in [4.78, 5) is 23.6. The summed E-state index contributed by atoms with van der Waals surface area (Å²) in [6, 6.07) is 9.56. The molecule has 0 bridgehead atoms. The fraction of sp³-hybridized carbons (Fsp3) is 0.476. The molecule has 6 heteroatoms. The van der Waals surface area contributed by atoms with Crippen molar-refractivity contribution in [3.05, 3.63) is 47.3 Å². The summed E-state index contributed by atoms with van der Waals surface area (Å²) in [5.41, 5.74) is 3.38. The van der Waals surface area contributed by atoms with Crippen LogP contribution in [0.4, 0.5) is 0 Å². The van der Waals surface area contributed by atoms with Crippen LogP contribution >= 0.6 is 0 Å². The molecule has 144 valence electrons. The van der Waals surface area contributed by atoms with Gasteiger partial charge in [-0.1, -0.05) is 18.6 Å². The first-order valence-corrected chi connectivity index (χ1v) is 9.62. The summed E-state index contributed by atoms with van der Waals surface area (Å²) >= 11 is 0. The van der Waals surface area contributed by atoms with E-state index in [0.717, 1.165) is 42.9 Å². The molecule has 0 radical (unpaired) electrons. The number of benzene rings is 1. The largest absolute Gasteiger partial charge is 0.395 e. The van der Waals surface area contributed by atoms with Crippen LogP contribution in [-0.4, -0.2) is 58.2 Å². The van der Waals surface area contributed by atoms with E-state index in [0.29, 0.717) is 17.9 Å². The van der Waals surface area contributed by atoms with Crippen molar-refractivity contribution in [2.75, 3.05) is 26.2 Å². The Morgan fingerprint density at radius 2 is 1.89 bits per heavy atom. The first-order chi connectivity index (χ1) is 13.1. The van der Waals surface area contributed by atoms with Crippen molar-refractivity contribution in [2.45, 2.75) is 39.2 Å². The van der Waals surface area contributed by atoms with Crippen LogP contribution in [0.1, 0.15) is 41.0 Å². The Morgan fingerprint density at radius 3 is 2.56 bits per heavy atom. The third kappa shape index (κ3) is 5.11. The Hall–Kier alpha value is -2.31. The number of aryl methyl sites for hydroxylation is 2. The van der Waals surface area contributed by atoms with Gasteiger partial charge in [-0.25, -0.2) is 9.97 Å². The van der Waals surface area contributed by atoms with Crippen LogP contribution < -0.4 is 5.32 Å². The van der Waals surface area contributed by atoms with Gasteiger partial charge in [0.1, 0.15) is 0 Å². The number of nitrogens with zero attached hydrogens (tertiary/aromatic N) is 3. The normalized spacial score (nSPS) is 17.7. The Labute approximate surface area is 160 Å². The van der Waals surface area contributed by atoms with E-state index in [1.54, 1.807) is 0 Å². The Kier molecular flexibility index (Phi) is 6.53. The van der Waals surface area contributed by atoms with Crippen molar-refractivity contribution in [1.29, 1.82) is 0 Å². The van der Waals surface area contributed by atoms with Crippen LogP contribution in [0, 0.1) is 13.8 Å². The number of aromatic nitrogens is 2. The first kappa shape index (κ1) is 19.5. The molecular formula is C21H28N4O2. The number of amides is 1. The van der Waals surface area contributed by atoms with Gasteiger partial charge in [0.25, 0.3) is 5.91 Å². The number of likely N-dealkylation sites (tertiary alicyclic amines) is 1. The fourth-order valence-corrected chi connectivity index (χ4v) is 3.60. The smallest absolute Gasteiger partial charge is 0.251 e. The van der Waals surface area contributed by atoms with E-state index in [9.17, 15) is 9.90 Å². The minimum atomic E-state index is -0.0829. The minimum Gasteiger partial charge on any atom is -0.395 e. The van der Waals surface area contributed by atoms with Gasteiger partial charge in [-0.2, -0.15) is 0 Å². The Balaban J connectivity index is 1.56. The number of rotatable bonds is 6. The molecule has 3 rings (SSSR count). The predicted octanol–water partition coefficient (Wildman–Crippen LogP) is 2.34. The molecule has 1 atom stereocenters. The van der Waals surface area contributed by atoms with E-state index in [4.69, 9.17) is 0 Å². The van der Waals surface area contributed by atoms with E-state index in [-0.39, 0.29) is 18.6 Å². The third-order valence-corrected chi connectivity index (χ3v) is 5.03. The molecule has 6 nitrogen and oxygen atoms in total. The van der Waals surface area contributed by atoms with Gasteiger partial charge in [-0.3, -0.25) is 9.69 Å². The lowest BCUT2D eigenvalue weighted by Crippen LogP contribution is -2.45. The van der Waals surface area contributed by atoms with Crippen LogP contribution in [0.2, 0.25) is 0 Å². The molecule has 2 N–H and O–H groups in total. The molecule has 2 heterocycles. The number of hydrogen-bond acceptors (Lipinski definition) is 5. The van der Waals surface area contributed by atoms with Crippen molar-refractivity contribution in [1.82, 2.24) is 20.2 Å². The monoisotopic (exact) mass is 368 g/mol. The summed E-state index contributed by atoms with van der Waals surface area (Å²) in [5.74, 6) is 0.597. The topological polar surface area (TPSA) is 78.4 Å².